The number of carbonyl (C=O) groups is 1. The smallest absolute Gasteiger partial charge is 0.302 e. The number of ether oxygens (including phenoxy) is 1. The fourth-order valence-electron chi connectivity index (χ4n) is 2.17. The number of rotatable bonds is 2. The van der Waals surface area contributed by atoms with Crippen molar-refractivity contribution in [2.24, 2.45) is 5.92 Å². The molecule has 4 nitrogen and oxygen atoms in total. The Bertz CT molecular complexity index is 319. The number of Topliss-reactive ketones (excluding diaryl/α,β-unsaturated/α-hetero) is 1. The average Bonchev–Trinajstić information content (AvgIpc) is 2.20. The molecule has 1 saturated heterocycles. The highest BCUT2D eigenvalue weighted by atomic mass is 19.3. The van der Waals surface area contributed by atoms with Gasteiger partial charge in [0.1, 0.15) is 6.10 Å². The number of carbonyl (C=O) groups excluding carboxylic acids is 1. The number of hydrogen-bond donors (Lipinski definition) is 2. The lowest BCUT2D eigenvalue weighted by Crippen LogP contribution is -2.71. The van der Waals surface area contributed by atoms with Gasteiger partial charge in [-0.1, -0.05) is 13.8 Å². The van der Waals surface area contributed by atoms with Crippen molar-refractivity contribution in [1.29, 1.82) is 0 Å². The third-order valence-corrected chi connectivity index (χ3v) is 3.30. The summed E-state index contributed by atoms with van der Waals surface area (Å²) in [6.07, 6.45) is -5.15. The van der Waals surface area contributed by atoms with Crippen LogP contribution in [0.5, 0.6) is 0 Å². The van der Waals surface area contributed by atoms with Crippen LogP contribution >= 0.6 is 0 Å². The Morgan fingerprint density at radius 3 is 2.24 bits per heavy atom. The summed E-state index contributed by atoms with van der Waals surface area (Å²) in [6, 6.07) is 0. The standard InChI is InChI=1S/C11H18F2O4/c1-5(2)8-11(12,13)9(15)10(16,6(3)14)7(4)17-8/h5,7-9,15-16H,1-4H3. The van der Waals surface area contributed by atoms with Crippen molar-refractivity contribution in [3.8, 4) is 0 Å². The van der Waals surface area contributed by atoms with E-state index in [2.05, 4.69) is 0 Å². The molecule has 0 saturated carbocycles. The molecule has 1 rings (SSSR count). The lowest BCUT2D eigenvalue weighted by Gasteiger charge is -2.48. The largest absolute Gasteiger partial charge is 0.383 e. The van der Waals surface area contributed by atoms with Crippen LogP contribution < -0.4 is 0 Å². The second kappa shape index (κ2) is 4.26. The third-order valence-electron chi connectivity index (χ3n) is 3.30. The summed E-state index contributed by atoms with van der Waals surface area (Å²) in [6.45, 7) is 5.30. The molecule has 2 N–H and O–H groups in total. The molecule has 0 aliphatic carbocycles. The topological polar surface area (TPSA) is 66.8 Å². The van der Waals surface area contributed by atoms with Gasteiger partial charge in [0.15, 0.2) is 17.5 Å². The highest BCUT2D eigenvalue weighted by Crippen LogP contribution is 2.42. The second-order valence-electron chi connectivity index (χ2n) is 4.90. The minimum atomic E-state index is -3.67. The maximum atomic E-state index is 13.9. The number of alkyl halides is 2. The SMILES string of the molecule is CC(=O)C1(O)C(C)OC(C(C)C)C(F)(F)C1O. The van der Waals surface area contributed by atoms with Gasteiger partial charge in [0.2, 0.25) is 0 Å². The van der Waals surface area contributed by atoms with Crippen LogP contribution in [0.4, 0.5) is 8.78 Å². The average molecular weight is 252 g/mol. The quantitative estimate of drug-likeness (QED) is 0.761. The van der Waals surface area contributed by atoms with E-state index in [-0.39, 0.29) is 0 Å². The Morgan fingerprint density at radius 2 is 1.88 bits per heavy atom. The van der Waals surface area contributed by atoms with Crippen LogP contribution in [-0.2, 0) is 9.53 Å². The van der Waals surface area contributed by atoms with Crippen LogP contribution in [0.25, 0.3) is 0 Å². The minimum Gasteiger partial charge on any atom is -0.383 e. The van der Waals surface area contributed by atoms with Gasteiger partial charge in [-0.05, 0) is 19.8 Å². The van der Waals surface area contributed by atoms with Crippen LogP contribution in [0.3, 0.4) is 0 Å². The molecule has 1 heterocycles. The summed E-state index contributed by atoms with van der Waals surface area (Å²) in [5, 5.41) is 19.5. The van der Waals surface area contributed by atoms with E-state index in [0.717, 1.165) is 6.92 Å². The number of hydrogen-bond acceptors (Lipinski definition) is 4. The molecule has 1 aliphatic rings. The Labute approximate surface area is 98.6 Å². The monoisotopic (exact) mass is 252 g/mol. The molecule has 0 aromatic heterocycles. The van der Waals surface area contributed by atoms with Crippen molar-refractivity contribution < 1.29 is 28.5 Å². The van der Waals surface area contributed by atoms with E-state index in [4.69, 9.17) is 4.74 Å². The van der Waals surface area contributed by atoms with Crippen LogP contribution in [0.1, 0.15) is 27.7 Å². The van der Waals surface area contributed by atoms with E-state index in [0.29, 0.717) is 0 Å². The van der Waals surface area contributed by atoms with Crippen LogP contribution in [0.2, 0.25) is 0 Å². The molecule has 0 radical (unpaired) electrons. The molecule has 0 bridgehead atoms. The molecule has 4 atom stereocenters. The summed E-state index contributed by atoms with van der Waals surface area (Å²) < 4.78 is 32.7. The van der Waals surface area contributed by atoms with Gasteiger partial charge in [0.05, 0.1) is 6.10 Å². The van der Waals surface area contributed by atoms with Gasteiger partial charge in [-0.3, -0.25) is 4.79 Å². The van der Waals surface area contributed by atoms with Crippen LogP contribution in [0.15, 0.2) is 0 Å². The normalized spacial score (nSPS) is 41.6. The van der Waals surface area contributed by atoms with E-state index < -0.39 is 41.5 Å². The molecule has 0 spiro atoms. The molecular formula is C11H18F2O4. The number of aliphatic hydroxyl groups is 2. The fraction of sp³-hybridized carbons (Fsp3) is 0.909. The Kier molecular flexibility index (Phi) is 3.63. The molecule has 100 valence electrons. The van der Waals surface area contributed by atoms with Crippen molar-refractivity contribution in [3.63, 3.8) is 0 Å². The molecule has 0 amide bonds. The zero-order chi connectivity index (χ0) is 13.6. The van der Waals surface area contributed by atoms with Gasteiger partial charge >= 0.3 is 5.92 Å². The van der Waals surface area contributed by atoms with Crippen LogP contribution in [-0.4, -0.2) is 45.8 Å². The maximum Gasteiger partial charge on any atom is 0.302 e. The van der Waals surface area contributed by atoms with Crippen molar-refractivity contribution in [1.82, 2.24) is 0 Å². The number of halogens is 2. The van der Waals surface area contributed by atoms with Gasteiger partial charge in [-0.15, -0.1) is 0 Å². The second-order valence-corrected chi connectivity index (χ2v) is 4.90. The highest BCUT2D eigenvalue weighted by molar-refractivity contribution is 5.86. The first-order valence-corrected chi connectivity index (χ1v) is 5.51. The molecular weight excluding hydrogens is 234 g/mol. The van der Waals surface area contributed by atoms with Gasteiger partial charge in [0.25, 0.3) is 0 Å². The van der Waals surface area contributed by atoms with E-state index >= 15 is 0 Å². The maximum absolute atomic E-state index is 13.9. The van der Waals surface area contributed by atoms with Gasteiger partial charge in [0, 0.05) is 0 Å². The van der Waals surface area contributed by atoms with E-state index in [1.807, 2.05) is 0 Å². The van der Waals surface area contributed by atoms with E-state index in [9.17, 15) is 23.8 Å². The summed E-state index contributed by atoms with van der Waals surface area (Å²) in [5.41, 5.74) is -2.56. The zero-order valence-corrected chi connectivity index (χ0v) is 10.3. The minimum absolute atomic E-state index is 0.543. The van der Waals surface area contributed by atoms with Crippen molar-refractivity contribution in [2.75, 3.05) is 0 Å². The Morgan fingerprint density at radius 1 is 1.41 bits per heavy atom. The first kappa shape index (κ1) is 14.5. The van der Waals surface area contributed by atoms with Crippen molar-refractivity contribution in [2.45, 2.75) is 57.5 Å². The lowest BCUT2D eigenvalue weighted by atomic mass is 9.77. The van der Waals surface area contributed by atoms with Gasteiger partial charge < -0.3 is 14.9 Å². The molecule has 6 heteroatoms. The molecule has 1 aliphatic heterocycles. The lowest BCUT2D eigenvalue weighted by molar-refractivity contribution is -0.318. The zero-order valence-electron chi connectivity index (χ0n) is 10.3. The van der Waals surface area contributed by atoms with Crippen LogP contribution in [0, 0.1) is 5.92 Å². The van der Waals surface area contributed by atoms with E-state index in [1.54, 1.807) is 0 Å². The summed E-state index contributed by atoms with van der Waals surface area (Å²) in [7, 11) is 0. The van der Waals surface area contributed by atoms with Crippen molar-refractivity contribution in [3.05, 3.63) is 0 Å². The molecule has 0 aromatic rings. The molecule has 1 fully saturated rings. The Hall–Kier alpha value is -0.590. The molecule has 17 heavy (non-hydrogen) atoms. The van der Waals surface area contributed by atoms with Gasteiger partial charge in [-0.2, -0.15) is 0 Å². The van der Waals surface area contributed by atoms with Crippen molar-refractivity contribution >= 4 is 5.78 Å². The predicted octanol–water partition coefficient (Wildman–Crippen LogP) is 0.746. The summed E-state index contributed by atoms with van der Waals surface area (Å²) in [5.74, 6) is -5.14. The number of ketones is 1. The predicted molar refractivity (Wildman–Crippen MR) is 55.8 cm³/mol. The fourth-order valence-corrected chi connectivity index (χ4v) is 2.17. The number of aliphatic hydroxyl groups excluding tert-OH is 1. The van der Waals surface area contributed by atoms with Gasteiger partial charge in [-0.25, -0.2) is 8.78 Å². The Balaban J connectivity index is 3.18. The summed E-state index contributed by atoms with van der Waals surface area (Å²) in [4.78, 5) is 11.3. The molecule has 4 unspecified atom stereocenters. The first-order valence-electron chi connectivity index (χ1n) is 5.51. The third kappa shape index (κ3) is 1.98. The summed E-state index contributed by atoms with van der Waals surface area (Å²) >= 11 is 0. The highest BCUT2D eigenvalue weighted by Gasteiger charge is 2.66. The first-order chi connectivity index (χ1) is 7.56. The van der Waals surface area contributed by atoms with E-state index in [1.165, 1.54) is 20.8 Å². The molecule has 0 aromatic carbocycles.